The number of methoxy groups -OCH3 is 1. The second-order valence-corrected chi connectivity index (χ2v) is 6.78. The summed E-state index contributed by atoms with van der Waals surface area (Å²) in [5.74, 6) is -1.37. The first-order valence-corrected chi connectivity index (χ1v) is 8.80. The molecule has 1 aliphatic rings. The van der Waals surface area contributed by atoms with Gasteiger partial charge >= 0.3 is 5.97 Å². The first kappa shape index (κ1) is 17.1. The third kappa shape index (κ3) is 3.03. The normalized spacial score (nSPS) is 19.4. The molecule has 0 radical (unpaired) electrons. The van der Waals surface area contributed by atoms with E-state index in [0.717, 1.165) is 16.5 Å². The highest BCUT2D eigenvalue weighted by Gasteiger charge is 2.41. The first-order chi connectivity index (χ1) is 13.1. The first-order valence-electron chi connectivity index (χ1n) is 8.80. The molecular formula is C21H20N2O4. The van der Waals surface area contributed by atoms with Crippen molar-refractivity contribution in [3.63, 3.8) is 0 Å². The number of nitrogens with one attached hydrogen (secondary N) is 1. The van der Waals surface area contributed by atoms with Crippen LogP contribution in [-0.4, -0.2) is 47.1 Å². The Morgan fingerprint density at radius 2 is 1.96 bits per heavy atom. The summed E-state index contributed by atoms with van der Waals surface area (Å²) in [6, 6.07) is 14.8. The Morgan fingerprint density at radius 3 is 2.74 bits per heavy atom. The molecule has 0 spiro atoms. The number of carbonyl (C=O) groups is 2. The second-order valence-electron chi connectivity index (χ2n) is 6.78. The SMILES string of the molecule is COc1ccccc1[C@@H]1CN(C(=O)c2ccc3[nH]ccc3c2)C[C@H]1C(=O)O. The molecule has 2 heterocycles. The van der Waals surface area contributed by atoms with Crippen LogP contribution in [-0.2, 0) is 4.79 Å². The summed E-state index contributed by atoms with van der Waals surface area (Å²) < 4.78 is 5.41. The zero-order valence-electron chi connectivity index (χ0n) is 14.9. The summed E-state index contributed by atoms with van der Waals surface area (Å²) in [5, 5.41) is 10.7. The highest BCUT2D eigenvalue weighted by atomic mass is 16.5. The fourth-order valence-electron chi connectivity index (χ4n) is 3.88. The van der Waals surface area contributed by atoms with E-state index in [9.17, 15) is 14.7 Å². The van der Waals surface area contributed by atoms with E-state index in [1.807, 2.05) is 48.7 Å². The maximum atomic E-state index is 13.0. The smallest absolute Gasteiger partial charge is 0.308 e. The van der Waals surface area contributed by atoms with E-state index in [1.165, 1.54) is 0 Å². The van der Waals surface area contributed by atoms with Crippen LogP contribution in [0.2, 0.25) is 0 Å². The summed E-state index contributed by atoms with van der Waals surface area (Å²) in [7, 11) is 1.57. The number of likely N-dealkylation sites (tertiary alicyclic amines) is 1. The Bertz CT molecular complexity index is 1010. The van der Waals surface area contributed by atoms with E-state index in [2.05, 4.69) is 4.98 Å². The van der Waals surface area contributed by atoms with Gasteiger partial charge in [-0.05, 0) is 35.9 Å². The lowest BCUT2D eigenvalue weighted by atomic mass is 9.88. The molecule has 6 nitrogen and oxygen atoms in total. The summed E-state index contributed by atoms with van der Waals surface area (Å²) >= 11 is 0. The molecule has 27 heavy (non-hydrogen) atoms. The van der Waals surface area contributed by atoms with Crippen LogP contribution in [0.1, 0.15) is 21.8 Å². The zero-order chi connectivity index (χ0) is 19.0. The van der Waals surface area contributed by atoms with Gasteiger partial charge in [0, 0.05) is 41.7 Å². The molecular weight excluding hydrogens is 344 g/mol. The summed E-state index contributed by atoms with van der Waals surface area (Å²) in [5.41, 5.74) is 2.35. The van der Waals surface area contributed by atoms with Gasteiger partial charge in [0.05, 0.1) is 13.0 Å². The number of para-hydroxylation sites is 1. The minimum atomic E-state index is -0.901. The number of amides is 1. The van der Waals surface area contributed by atoms with Crippen molar-refractivity contribution in [2.45, 2.75) is 5.92 Å². The zero-order valence-corrected chi connectivity index (χ0v) is 14.9. The summed E-state index contributed by atoms with van der Waals surface area (Å²) in [6.45, 7) is 0.531. The van der Waals surface area contributed by atoms with Crippen molar-refractivity contribution in [3.8, 4) is 5.75 Å². The lowest BCUT2D eigenvalue weighted by Crippen LogP contribution is -2.29. The van der Waals surface area contributed by atoms with E-state index in [0.29, 0.717) is 17.9 Å². The van der Waals surface area contributed by atoms with Gasteiger partial charge < -0.3 is 19.7 Å². The largest absolute Gasteiger partial charge is 0.496 e. The number of hydrogen-bond donors (Lipinski definition) is 2. The minimum Gasteiger partial charge on any atom is -0.496 e. The van der Waals surface area contributed by atoms with Crippen molar-refractivity contribution in [1.29, 1.82) is 0 Å². The molecule has 0 saturated carbocycles. The fraction of sp³-hybridized carbons (Fsp3) is 0.238. The molecule has 138 valence electrons. The number of aromatic nitrogens is 1. The number of aliphatic carboxylic acids is 1. The molecule has 1 saturated heterocycles. The molecule has 0 bridgehead atoms. The van der Waals surface area contributed by atoms with Crippen molar-refractivity contribution in [1.82, 2.24) is 9.88 Å². The van der Waals surface area contributed by atoms with E-state index >= 15 is 0 Å². The number of aromatic amines is 1. The average molecular weight is 364 g/mol. The number of carbonyl (C=O) groups excluding carboxylic acids is 1. The maximum Gasteiger partial charge on any atom is 0.308 e. The molecule has 1 amide bonds. The van der Waals surface area contributed by atoms with E-state index < -0.39 is 11.9 Å². The lowest BCUT2D eigenvalue weighted by molar-refractivity contribution is -0.141. The van der Waals surface area contributed by atoms with Crippen LogP contribution in [0.4, 0.5) is 0 Å². The second kappa shape index (κ2) is 6.79. The number of fused-ring (bicyclic) bond motifs is 1. The monoisotopic (exact) mass is 364 g/mol. The highest BCUT2D eigenvalue weighted by Crippen LogP contribution is 2.38. The molecule has 0 unspecified atom stereocenters. The average Bonchev–Trinajstić information content (AvgIpc) is 3.33. The molecule has 2 atom stereocenters. The van der Waals surface area contributed by atoms with Crippen molar-refractivity contribution < 1.29 is 19.4 Å². The molecule has 1 fully saturated rings. The molecule has 1 aromatic heterocycles. The quantitative estimate of drug-likeness (QED) is 0.745. The van der Waals surface area contributed by atoms with E-state index in [4.69, 9.17) is 4.74 Å². The number of carboxylic acids is 1. The van der Waals surface area contributed by atoms with Crippen LogP contribution in [0.5, 0.6) is 5.75 Å². The van der Waals surface area contributed by atoms with Gasteiger partial charge in [-0.2, -0.15) is 0 Å². The summed E-state index contributed by atoms with van der Waals surface area (Å²) in [6.07, 6.45) is 1.83. The van der Waals surface area contributed by atoms with E-state index in [1.54, 1.807) is 18.1 Å². The number of H-pyrrole nitrogens is 1. The van der Waals surface area contributed by atoms with Gasteiger partial charge in [-0.15, -0.1) is 0 Å². The maximum absolute atomic E-state index is 13.0. The lowest BCUT2D eigenvalue weighted by Gasteiger charge is -2.18. The predicted molar refractivity (Wildman–Crippen MR) is 101 cm³/mol. The predicted octanol–water partition coefficient (Wildman–Crippen LogP) is 3.12. The molecule has 3 aromatic rings. The van der Waals surface area contributed by atoms with Gasteiger partial charge in [0.25, 0.3) is 5.91 Å². The van der Waals surface area contributed by atoms with Gasteiger partial charge in [0.15, 0.2) is 0 Å². The topological polar surface area (TPSA) is 82.6 Å². The summed E-state index contributed by atoms with van der Waals surface area (Å²) in [4.78, 5) is 29.6. The van der Waals surface area contributed by atoms with Gasteiger partial charge in [-0.25, -0.2) is 0 Å². The number of rotatable bonds is 4. The van der Waals surface area contributed by atoms with Gasteiger partial charge in [0.1, 0.15) is 5.75 Å². The Morgan fingerprint density at radius 1 is 1.15 bits per heavy atom. The molecule has 6 heteroatoms. The molecule has 1 aliphatic heterocycles. The Hall–Kier alpha value is -3.28. The van der Waals surface area contributed by atoms with E-state index in [-0.39, 0.29) is 18.4 Å². The molecule has 2 N–H and O–H groups in total. The van der Waals surface area contributed by atoms with Crippen LogP contribution in [0.25, 0.3) is 10.9 Å². The van der Waals surface area contributed by atoms with Gasteiger partial charge in [-0.1, -0.05) is 18.2 Å². The van der Waals surface area contributed by atoms with Crippen molar-refractivity contribution in [2.24, 2.45) is 5.92 Å². The fourth-order valence-corrected chi connectivity index (χ4v) is 3.88. The van der Waals surface area contributed by atoms with Gasteiger partial charge in [-0.3, -0.25) is 9.59 Å². The number of ether oxygens (including phenoxy) is 1. The Balaban J connectivity index is 1.64. The van der Waals surface area contributed by atoms with Crippen molar-refractivity contribution >= 4 is 22.8 Å². The molecule has 0 aliphatic carbocycles. The van der Waals surface area contributed by atoms with Gasteiger partial charge in [0.2, 0.25) is 0 Å². The molecule has 4 rings (SSSR count). The minimum absolute atomic E-state index is 0.151. The Kier molecular flexibility index (Phi) is 4.32. The third-order valence-corrected chi connectivity index (χ3v) is 5.26. The van der Waals surface area contributed by atoms with Crippen LogP contribution >= 0.6 is 0 Å². The number of carboxylic acid groups (broad SMARTS) is 1. The number of benzene rings is 2. The van der Waals surface area contributed by atoms with Crippen LogP contribution in [0, 0.1) is 5.92 Å². The third-order valence-electron chi connectivity index (χ3n) is 5.26. The Labute approximate surface area is 156 Å². The highest BCUT2D eigenvalue weighted by molar-refractivity contribution is 5.98. The standard InChI is InChI=1S/C21H20N2O4/c1-27-19-5-3-2-4-15(19)16-11-23(12-17(16)21(25)26)20(24)14-6-7-18-13(10-14)8-9-22-18/h2-10,16-17,22H,11-12H2,1H3,(H,25,26)/t16-,17+/m0/s1. The van der Waals surface area contributed by atoms with Crippen LogP contribution in [0.3, 0.4) is 0 Å². The van der Waals surface area contributed by atoms with Crippen molar-refractivity contribution in [2.75, 3.05) is 20.2 Å². The van der Waals surface area contributed by atoms with Crippen LogP contribution < -0.4 is 4.74 Å². The number of hydrogen-bond acceptors (Lipinski definition) is 3. The van der Waals surface area contributed by atoms with Crippen LogP contribution in [0.15, 0.2) is 54.7 Å². The molecule has 2 aromatic carbocycles. The number of nitrogens with zero attached hydrogens (tertiary/aromatic N) is 1. The van der Waals surface area contributed by atoms with Crippen molar-refractivity contribution in [3.05, 3.63) is 65.9 Å².